The summed E-state index contributed by atoms with van der Waals surface area (Å²) in [4.78, 5) is 2.07. The van der Waals surface area contributed by atoms with Crippen molar-refractivity contribution in [3.8, 4) is 17.2 Å². The number of aromatic hydroxyl groups is 1. The van der Waals surface area contributed by atoms with Crippen LogP contribution in [0.15, 0.2) is 12.1 Å². The highest BCUT2D eigenvalue weighted by Crippen LogP contribution is 2.37. The third-order valence-corrected chi connectivity index (χ3v) is 2.40. The summed E-state index contributed by atoms with van der Waals surface area (Å²) in [6.07, 6.45) is 0.801. The topological polar surface area (TPSA) is 41.9 Å². The van der Waals surface area contributed by atoms with E-state index >= 15 is 0 Å². The second-order valence-electron chi connectivity index (χ2n) is 3.89. The minimum Gasteiger partial charge on any atom is -0.508 e. The van der Waals surface area contributed by atoms with Gasteiger partial charge in [-0.1, -0.05) is 0 Å². The molecule has 0 fully saturated rings. The van der Waals surface area contributed by atoms with E-state index in [1.807, 2.05) is 20.2 Å². The lowest BCUT2D eigenvalue weighted by Gasteiger charge is -2.10. The average Bonchev–Trinajstić information content (AvgIpc) is 2.60. The summed E-state index contributed by atoms with van der Waals surface area (Å²) >= 11 is 0. The van der Waals surface area contributed by atoms with Crippen molar-refractivity contribution in [3.63, 3.8) is 0 Å². The molecule has 2 rings (SSSR count). The summed E-state index contributed by atoms with van der Waals surface area (Å²) in [6, 6.07) is 3.47. The van der Waals surface area contributed by atoms with Crippen molar-refractivity contribution in [2.24, 2.45) is 0 Å². The Morgan fingerprint density at radius 1 is 1.27 bits per heavy atom. The van der Waals surface area contributed by atoms with Crippen molar-refractivity contribution in [2.75, 3.05) is 27.4 Å². The Bertz CT molecular complexity index is 363. The van der Waals surface area contributed by atoms with Crippen molar-refractivity contribution in [2.45, 2.75) is 6.42 Å². The molecule has 4 heteroatoms. The van der Waals surface area contributed by atoms with Gasteiger partial charge in [-0.05, 0) is 32.1 Å². The molecule has 4 nitrogen and oxygen atoms in total. The molecule has 0 aliphatic carbocycles. The highest BCUT2D eigenvalue weighted by atomic mass is 16.7. The first-order valence-corrected chi connectivity index (χ1v) is 4.93. The number of likely N-dealkylation sites (N-methyl/N-ethyl adjacent to an activating group) is 1. The van der Waals surface area contributed by atoms with E-state index in [2.05, 4.69) is 4.90 Å². The van der Waals surface area contributed by atoms with E-state index in [0.29, 0.717) is 5.75 Å². The van der Waals surface area contributed by atoms with Gasteiger partial charge in [0.25, 0.3) is 0 Å². The van der Waals surface area contributed by atoms with Crippen molar-refractivity contribution in [1.29, 1.82) is 0 Å². The maximum absolute atomic E-state index is 9.73. The van der Waals surface area contributed by atoms with Crippen molar-refractivity contribution in [3.05, 3.63) is 17.7 Å². The number of ether oxygens (including phenoxy) is 2. The Labute approximate surface area is 89.0 Å². The molecule has 0 amide bonds. The van der Waals surface area contributed by atoms with Crippen molar-refractivity contribution in [1.82, 2.24) is 4.90 Å². The van der Waals surface area contributed by atoms with E-state index in [1.165, 1.54) is 0 Å². The third-order valence-electron chi connectivity index (χ3n) is 2.40. The van der Waals surface area contributed by atoms with Gasteiger partial charge >= 0.3 is 0 Å². The molecule has 82 valence electrons. The van der Waals surface area contributed by atoms with E-state index in [4.69, 9.17) is 9.47 Å². The summed E-state index contributed by atoms with van der Waals surface area (Å²) in [7, 11) is 4.01. The zero-order valence-electron chi connectivity index (χ0n) is 8.99. The molecule has 1 N–H and O–H groups in total. The predicted octanol–water partition coefficient (Wildman–Crippen LogP) is 1.23. The molecule has 0 bridgehead atoms. The normalized spacial score (nSPS) is 13.5. The average molecular weight is 209 g/mol. The van der Waals surface area contributed by atoms with Crippen LogP contribution in [0.5, 0.6) is 17.2 Å². The fraction of sp³-hybridized carbons (Fsp3) is 0.455. The Morgan fingerprint density at radius 2 is 1.93 bits per heavy atom. The summed E-state index contributed by atoms with van der Waals surface area (Å²) in [5, 5.41) is 9.73. The van der Waals surface area contributed by atoms with Gasteiger partial charge in [-0.15, -0.1) is 0 Å². The molecule has 1 aliphatic heterocycles. The van der Waals surface area contributed by atoms with E-state index in [0.717, 1.165) is 24.3 Å². The third kappa shape index (κ3) is 2.15. The van der Waals surface area contributed by atoms with Gasteiger partial charge in [0, 0.05) is 12.6 Å². The van der Waals surface area contributed by atoms with Gasteiger partial charge in [0.15, 0.2) is 11.5 Å². The zero-order valence-corrected chi connectivity index (χ0v) is 8.99. The number of nitrogens with zero attached hydrogens (tertiary/aromatic N) is 1. The van der Waals surface area contributed by atoms with Crippen LogP contribution in [0.4, 0.5) is 0 Å². The highest BCUT2D eigenvalue weighted by molar-refractivity contribution is 5.51. The van der Waals surface area contributed by atoms with Gasteiger partial charge < -0.3 is 19.5 Å². The first kappa shape index (κ1) is 10.1. The van der Waals surface area contributed by atoms with Crippen LogP contribution in [0.2, 0.25) is 0 Å². The molecular weight excluding hydrogens is 194 g/mol. The lowest BCUT2D eigenvalue weighted by molar-refractivity contribution is 0.174. The van der Waals surface area contributed by atoms with Crippen LogP contribution in [0.1, 0.15) is 5.56 Å². The first-order chi connectivity index (χ1) is 7.16. The van der Waals surface area contributed by atoms with Crippen LogP contribution in [-0.4, -0.2) is 37.4 Å². The Kier molecular flexibility index (Phi) is 2.68. The minimum atomic E-state index is 0.242. The molecule has 0 unspecified atom stereocenters. The quantitative estimate of drug-likeness (QED) is 0.813. The second-order valence-corrected chi connectivity index (χ2v) is 3.89. The van der Waals surface area contributed by atoms with Crippen LogP contribution in [-0.2, 0) is 6.42 Å². The molecule has 0 spiro atoms. The molecule has 0 atom stereocenters. The van der Waals surface area contributed by atoms with Crippen molar-refractivity contribution >= 4 is 0 Å². The van der Waals surface area contributed by atoms with Crippen LogP contribution in [0.25, 0.3) is 0 Å². The Hall–Kier alpha value is -1.42. The Balaban J connectivity index is 2.17. The lowest BCUT2D eigenvalue weighted by atomic mass is 10.1. The number of fused-ring (bicyclic) bond motifs is 1. The maximum Gasteiger partial charge on any atom is 0.231 e. The summed E-state index contributed by atoms with van der Waals surface area (Å²) in [6.45, 7) is 1.14. The number of benzene rings is 1. The van der Waals surface area contributed by atoms with E-state index in [1.54, 1.807) is 6.07 Å². The number of hydrogen-bond acceptors (Lipinski definition) is 4. The van der Waals surface area contributed by atoms with Crippen LogP contribution in [0, 0.1) is 0 Å². The number of rotatable bonds is 3. The standard InChI is InChI=1S/C11H15NO3/c1-12(2)4-3-8-5-10-11(6-9(8)13)15-7-14-10/h5-6,13H,3-4,7H2,1-2H3. The first-order valence-electron chi connectivity index (χ1n) is 4.93. The largest absolute Gasteiger partial charge is 0.508 e. The van der Waals surface area contributed by atoms with Gasteiger partial charge in [-0.2, -0.15) is 0 Å². The van der Waals surface area contributed by atoms with Crippen molar-refractivity contribution < 1.29 is 14.6 Å². The SMILES string of the molecule is CN(C)CCc1cc2c(cc1O)OCO2. The molecule has 1 aromatic carbocycles. The van der Waals surface area contributed by atoms with E-state index in [-0.39, 0.29) is 12.5 Å². The molecule has 0 saturated carbocycles. The molecule has 0 aromatic heterocycles. The number of phenolic OH excluding ortho intramolecular Hbond substituents is 1. The fourth-order valence-electron chi connectivity index (χ4n) is 1.52. The second kappa shape index (κ2) is 3.98. The molecular formula is C11H15NO3. The monoisotopic (exact) mass is 209 g/mol. The molecule has 1 heterocycles. The van der Waals surface area contributed by atoms with Crippen LogP contribution < -0.4 is 9.47 Å². The molecule has 15 heavy (non-hydrogen) atoms. The van der Waals surface area contributed by atoms with Gasteiger partial charge in [0.05, 0.1) is 0 Å². The Morgan fingerprint density at radius 3 is 2.60 bits per heavy atom. The summed E-state index contributed by atoms with van der Waals surface area (Å²) < 4.78 is 10.4. The molecule has 1 aliphatic rings. The maximum atomic E-state index is 9.73. The van der Waals surface area contributed by atoms with Gasteiger partial charge in [-0.25, -0.2) is 0 Å². The van der Waals surface area contributed by atoms with Gasteiger partial charge in [0.2, 0.25) is 6.79 Å². The summed E-state index contributed by atoms with van der Waals surface area (Å²) in [5.41, 5.74) is 0.896. The number of hydrogen-bond donors (Lipinski definition) is 1. The molecule has 0 saturated heterocycles. The minimum absolute atomic E-state index is 0.242. The van der Waals surface area contributed by atoms with E-state index in [9.17, 15) is 5.11 Å². The highest BCUT2D eigenvalue weighted by Gasteiger charge is 2.16. The van der Waals surface area contributed by atoms with Crippen LogP contribution in [0.3, 0.4) is 0 Å². The van der Waals surface area contributed by atoms with Crippen LogP contribution >= 0.6 is 0 Å². The molecule has 0 radical (unpaired) electrons. The fourth-order valence-corrected chi connectivity index (χ4v) is 1.52. The molecule has 1 aromatic rings. The predicted molar refractivity (Wildman–Crippen MR) is 56.5 cm³/mol. The summed E-state index contributed by atoms with van der Waals surface area (Å²) in [5.74, 6) is 1.63. The lowest BCUT2D eigenvalue weighted by Crippen LogP contribution is -2.15. The number of phenols is 1. The van der Waals surface area contributed by atoms with Gasteiger partial charge in [-0.3, -0.25) is 0 Å². The zero-order chi connectivity index (χ0) is 10.8. The smallest absolute Gasteiger partial charge is 0.231 e. The van der Waals surface area contributed by atoms with E-state index < -0.39 is 0 Å². The van der Waals surface area contributed by atoms with Gasteiger partial charge in [0.1, 0.15) is 5.75 Å².